The number of likely N-dealkylation sites (tertiary alicyclic amines) is 2. The van der Waals surface area contributed by atoms with Crippen molar-refractivity contribution in [2.75, 3.05) is 26.7 Å². The van der Waals surface area contributed by atoms with E-state index in [0.717, 1.165) is 82.5 Å². The molecule has 13 nitrogen and oxygen atoms in total. The Kier molecular flexibility index (Phi) is 11.3. The lowest BCUT2D eigenvalue weighted by molar-refractivity contribution is 0.137. The molecule has 0 spiro atoms. The number of guanidine groups is 1. The third-order valence-corrected chi connectivity index (χ3v) is 11.8. The number of nitrogens with one attached hydrogen (secondary N) is 3. The third-order valence-electron chi connectivity index (χ3n) is 11.8. The molecule has 13 heteroatoms. The number of methoxy groups -OCH3 is 1. The molecule has 6 N–H and O–H groups in total. The van der Waals surface area contributed by atoms with Crippen molar-refractivity contribution in [3.05, 3.63) is 121 Å². The van der Waals surface area contributed by atoms with Gasteiger partial charge in [-0.1, -0.05) is 92.7 Å². The number of rotatable bonds is 11. The minimum Gasteiger partial charge on any atom is -0.465 e. The number of carbonyl (C=O) groups excluding carboxylic acids is 1. The lowest BCUT2D eigenvalue weighted by atomic mass is 9.96. The van der Waals surface area contributed by atoms with Gasteiger partial charge < -0.3 is 35.8 Å². The molecule has 0 aliphatic carbocycles. The molecule has 2 amide bonds. The van der Waals surface area contributed by atoms with Gasteiger partial charge in [-0.05, 0) is 82.7 Å². The maximum Gasteiger partial charge on any atom is 0.407 e. The van der Waals surface area contributed by atoms with E-state index < -0.39 is 12.2 Å². The van der Waals surface area contributed by atoms with Crippen LogP contribution in [-0.2, 0) is 11.2 Å². The number of carbonyl (C=O) groups is 2. The van der Waals surface area contributed by atoms with E-state index in [-0.39, 0.29) is 30.0 Å². The van der Waals surface area contributed by atoms with Crippen LogP contribution in [0.2, 0.25) is 0 Å². The number of hydrogen-bond donors (Lipinski definition) is 5. The van der Waals surface area contributed by atoms with Crippen molar-refractivity contribution in [2.24, 2.45) is 22.6 Å². The first kappa shape index (κ1) is 39.2. The van der Waals surface area contributed by atoms with Crippen molar-refractivity contribution in [1.29, 1.82) is 0 Å². The van der Waals surface area contributed by atoms with Crippen LogP contribution in [0.25, 0.3) is 44.4 Å². The van der Waals surface area contributed by atoms with Gasteiger partial charge in [0.2, 0.25) is 0 Å². The van der Waals surface area contributed by atoms with Crippen LogP contribution in [0.5, 0.6) is 0 Å². The third kappa shape index (κ3) is 8.64. The van der Waals surface area contributed by atoms with E-state index in [1.807, 2.05) is 38.2 Å². The number of nitrogens with two attached hydrogens (primary N) is 1. The topological polar surface area (TPSA) is 178 Å². The fourth-order valence-corrected chi connectivity index (χ4v) is 8.47. The number of amides is 2. The molecule has 4 heterocycles. The van der Waals surface area contributed by atoms with Gasteiger partial charge in [0.05, 0.1) is 55.6 Å². The van der Waals surface area contributed by atoms with Crippen molar-refractivity contribution in [3.8, 4) is 33.6 Å². The fraction of sp³-hybridized carbons (Fsp3) is 0.326. The minimum absolute atomic E-state index is 0.0178. The average Bonchev–Trinajstić information content (AvgIpc) is 4.09. The summed E-state index contributed by atoms with van der Waals surface area (Å²) in [6.45, 7) is 5.68. The van der Waals surface area contributed by atoms with Crippen molar-refractivity contribution < 1.29 is 19.4 Å². The Bertz CT molecular complexity index is 2440. The number of benzene rings is 4. The Balaban J connectivity index is 0.924. The standard InChI is InChI=1S/C46H51N9O4/c1-28(2)37(53-45(56)59-3)24-50-44(47)54-19-7-10-40(54)42-48-26-39(52-42)36-18-17-34-22-33(15-16-35(34)23-36)31-11-13-32(14-12-31)38-25-49-43(51-38)41-21-30(27-55(41)46(57)58)20-29-8-5-4-6-9-29/h4-6,8-9,11-18,22-23,25-26,28,30,37,40-41H,7,10,19-21,24,27H2,1-3H3,(H2,47,50)(H,48,52)(H,49,51)(H,53,56)(H,57,58). The fourth-order valence-electron chi connectivity index (χ4n) is 8.47. The number of aromatic nitrogens is 4. The van der Waals surface area contributed by atoms with Crippen molar-refractivity contribution in [3.63, 3.8) is 0 Å². The number of carboxylic acid groups (broad SMARTS) is 1. The monoisotopic (exact) mass is 793 g/mol. The van der Waals surface area contributed by atoms with Crippen LogP contribution in [0.1, 0.15) is 62.4 Å². The van der Waals surface area contributed by atoms with E-state index in [0.29, 0.717) is 24.9 Å². The van der Waals surface area contributed by atoms with Crippen LogP contribution in [0.15, 0.2) is 108 Å². The molecule has 2 aliphatic rings. The number of nitrogens with zero attached hydrogens (tertiary/aromatic N) is 5. The number of alkyl carbamates (subject to hydrolysis) is 1. The second-order valence-corrected chi connectivity index (χ2v) is 16.0. The molecule has 2 aromatic heterocycles. The Morgan fingerprint density at radius 2 is 1.49 bits per heavy atom. The second kappa shape index (κ2) is 17.1. The summed E-state index contributed by atoms with van der Waals surface area (Å²) in [5.41, 5.74) is 13.8. The quantitative estimate of drug-likeness (QED) is 0.0641. The number of ether oxygens (including phenoxy) is 1. The van der Waals surface area contributed by atoms with Crippen LogP contribution in [-0.4, -0.2) is 85.8 Å². The van der Waals surface area contributed by atoms with Crippen LogP contribution >= 0.6 is 0 Å². The first-order valence-corrected chi connectivity index (χ1v) is 20.3. The van der Waals surface area contributed by atoms with E-state index in [2.05, 4.69) is 103 Å². The molecule has 4 aromatic carbocycles. The molecule has 0 radical (unpaired) electrons. The summed E-state index contributed by atoms with van der Waals surface area (Å²) in [7, 11) is 1.35. The number of hydrogen-bond acceptors (Lipinski definition) is 6. The number of H-pyrrole nitrogens is 2. The highest BCUT2D eigenvalue weighted by Gasteiger charge is 2.38. The second-order valence-electron chi connectivity index (χ2n) is 16.0. The molecule has 4 atom stereocenters. The summed E-state index contributed by atoms with van der Waals surface area (Å²) in [5.74, 6) is 2.36. The maximum absolute atomic E-state index is 12.2. The van der Waals surface area contributed by atoms with Gasteiger partial charge in [0.15, 0.2) is 5.96 Å². The Morgan fingerprint density at radius 3 is 2.17 bits per heavy atom. The van der Waals surface area contributed by atoms with Gasteiger partial charge >= 0.3 is 12.2 Å². The van der Waals surface area contributed by atoms with Crippen LogP contribution < -0.4 is 11.1 Å². The highest BCUT2D eigenvalue weighted by atomic mass is 16.5. The Hall–Kier alpha value is -6.63. The largest absolute Gasteiger partial charge is 0.465 e. The summed E-state index contributed by atoms with van der Waals surface area (Å²) in [4.78, 5) is 48.7. The molecule has 4 unspecified atom stereocenters. The summed E-state index contributed by atoms with van der Waals surface area (Å²) in [6.07, 6.45) is 5.73. The van der Waals surface area contributed by atoms with Crippen LogP contribution in [0, 0.1) is 11.8 Å². The normalized spacial score (nSPS) is 18.8. The predicted octanol–water partition coefficient (Wildman–Crippen LogP) is 8.40. The zero-order chi connectivity index (χ0) is 41.0. The molecule has 304 valence electrons. The molecule has 2 aliphatic heterocycles. The molecule has 0 bridgehead atoms. The molecule has 6 aromatic rings. The molecule has 2 fully saturated rings. The van der Waals surface area contributed by atoms with E-state index in [4.69, 9.17) is 15.5 Å². The van der Waals surface area contributed by atoms with Gasteiger partial charge in [-0.15, -0.1) is 0 Å². The minimum atomic E-state index is -0.917. The summed E-state index contributed by atoms with van der Waals surface area (Å²) in [6, 6.07) is 31.0. The first-order valence-electron chi connectivity index (χ1n) is 20.3. The van der Waals surface area contributed by atoms with E-state index in [9.17, 15) is 14.7 Å². The predicted molar refractivity (Wildman–Crippen MR) is 230 cm³/mol. The average molecular weight is 794 g/mol. The van der Waals surface area contributed by atoms with Crippen molar-refractivity contribution in [2.45, 2.75) is 57.7 Å². The lowest BCUT2D eigenvalue weighted by Gasteiger charge is -2.25. The number of aromatic amines is 2. The van der Waals surface area contributed by atoms with E-state index in [1.54, 1.807) is 6.20 Å². The molecule has 59 heavy (non-hydrogen) atoms. The zero-order valence-corrected chi connectivity index (χ0v) is 33.6. The van der Waals surface area contributed by atoms with Crippen molar-refractivity contribution >= 4 is 28.9 Å². The molecule has 2 saturated heterocycles. The van der Waals surface area contributed by atoms with Crippen LogP contribution in [0.3, 0.4) is 0 Å². The Labute approximate surface area is 343 Å². The SMILES string of the molecule is COC(=O)NC(CN=C(N)N1CCCC1c1ncc(-c2ccc3cc(-c4ccc(-c5cnc(C6CC(Cc7ccccc7)CN6C(=O)O)[nH]5)cc4)ccc3c2)[nH]1)C(C)C. The first-order chi connectivity index (χ1) is 28.6. The summed E-state index contributed by atoms with van der Waals surface area (Å²) >= 11 is 0. The molecular weight excluding hydrogens is 743 g/mol. The smallest absolute Gasteiger partial charge is 0.407 e. The van der Waals surface area contributed by atoms with Crippen molar-refractivity contribution in [1.82, 2.24) is 35.1 Å². The van der Waals surface area contributed by atoms with Gasteiger partial charge in [0, 0.05) is 18.7 Å². The van der Waals surface area contributed by atoms with Gasteiger partial charge in [-0.2, -0.15) is 0 Å². The Morgan fingerprint density at radius 1 is 0.864 bits per heavy atom. The van der Waals surface area contributed by atoms with Gasteiger partial charge in [-0.3, -0.25) is 9.89 Å². The van der Waals surface area contributed by atoms with E-state index >= 15 is 0 Å². The molecular formula is C46H51N9O4. The molecule has 8 rings (SSSR count). The summed E-state index contributed by atoms with van der Waals surface area (Å²) < 4.78 is 4.78. The number of imidazole rings is 2. The van der Waals surface area contributed by atoms with Gasteiger partial charge in [0.25, 0.3) is 0 Å². The van der Waals surface area contributed by atoms with Crippen LogP contribution in [0.4, 0.5) is 9.59 Å². The molecule has 0 saturated carbocycles. The summed E-state index contributed by atoms with van der Waals surface area (Å²) in [5, 5.41) is 15.1. The number of fused-ring (bicyclic) bond motifs is 1. The van der Waals surface area contributed by atoms with E-state index in [1.165, 1.54) is 17.6 Å². The maximum atomic E-state index is 12.2. The zero-order valence-electron chi connectivity index (χ0n) is 33.6. The number of aliphatic imine (C=N–C) groups is 1. The van der Waals surface area contributed by atoms with Gasteiger partial charge in [0.1, 0.15) is 11.6 Å². The lowest BCUT2D eigenvalue weighted by Crippen LogP contribution is -2.43. The highest BCUT2D eigenvalue weighted by Crippen LogP contribution is 2.37. The highest BCUT2D eigenvalue weighted by molar-refractivity contribution is 5.90. The van der Waals surface area contributed by atoms with Gasteiger partial charge in [-0.25, -0.2) is 19.6 Å².